The molecule has 0 bridgehead atoms. The Morgan fingerprint density at radius 3 is 1.21 bits per heavy atom. The minimum absolute atomic E-state index is 0.369. The SMILES string of the molecule is CCCCCCCCCCCCCC/C=C\CCCCCCCCCCCC(O)C(=O)NC(CO)C(O)C(O)CCCCCCCCC. The second-order valence-electron chi connectivity index (χ2n) is 14.7. The van der Waals surface area contributed by atoms with Crippen LogP contribution in [0.5, 0.6) is 0 Å². The molecule has 286 valence electrons. The van der Waals surface area contributed by atoms with Gasteiger partial charge >= 0.3 is 0 Å². The van der Waals surface area contributed by atoms with E-state index in [0.717, 1.165) is 38.5 Å². The molecule has 0 aliphatic carbocycles. The summed E-state index contributed by atoms with van der Waals surface area (Å²) in [5.74, 6) is -0.588. The molecular formula is C42H83NO5. The van der Waals surface area contributed by atoms with Crippen LogP contribution in [0.1, 0.15) is 219 Å². The van der Waals surface area contributed by atoms with E-state index in [4.69, 9.17) is 0 Å². The van der Waals surface area contributed by atoms with Gasteiger partial charge in [0.25, 0.3) is 0 Å². The van der Waals surface area contributed by atoms with Gasteiger partial charge in [0.15, 0.2) is 0 Å². The molecule has 0 aliphatic rings. The molecule has 0 radical (unpaired) electrons. The van der Waals surface area contributed by atoms with Crippen LogP contribution in [0.25, 0.3) is 0 Å². The smallest absolute Gasteiger partial charge is 0.249 e. The zero-order chi connectivity index (χ0) is 35.3. The summed E-state index contributed by atoms with van der Waals surface area (Å²) in [6, 6.07) is -0.980. The molecule has 5 N–H and O–H groups in total. The molecule has 0 aromatic carbocycles. The first kappa shape index (κ1) is 47.0. The molecule has 0 aromatic rings. The maximum atomic E-state index is 12.4. The minimum Gasteiger partial charge on any atom is -0.394 e. The van der Waals surface area contributed by atoms with Gasteiger partial charge in [-0.05, 0) is 38.5 Å². The lowest BCUT2D eigenvalue weighted by atomic mass is 9.99. The van der Waals surface area contributed by atoms with Crippen molar-refractivity contribution in [2.24, 2.45) is 0 Å². The first-order valence-corrected chi connectivity index (χ1v) is 21.1. The average Bonchev–Trinajstić information content (AvgIpc) is 3.09. The monoisotopic (exact) mass is 682 g/mol. The summed E-state index contributed by atoms with van der Waals surface area (Å²) in [5, 5.41) is 43.3. The highest BCUT2D eigenvalue weighted by Gasteiger charge is 2.28. The molecule has 48 heavy (non-hydrogen) atoms. The Labute approximate surface area is 298 Å². The van der Waals surface area contributed by atoms with Gasteiger partial charge in [-0.1, -0.05) is 193 Å². The zero-order valence-electron chi connectivity index (χ0n) is 32.0. The van der Waals surface area contributed by atoms with Crippen molar-refractivity contribution in [2.75, 3.05) is 6.61 Å². The van der Waals surface area contributed by atoms with Crippen molar-refractivity contribution in [3.63, 3.8) is 0 Å². The van der Waals surface area contributed by atoms with Crippen LogP contribution in [0.4, 0.5) is 0 Å². The number of nitrogens with one attached hydrogen (secondary N) is 1. The van der Waals surface area contributed by atoms with Crippen molar-refractivity contribution in [3.8, 4) is 0 Å². The summed E-state index contributed by atoms with van der Waals surface area (Å²) in [6.07, 6.45) is 39.9. The second-order valence-corrected chi connectivity index (χ2v) is 14.7. The van der Waals surface area contributed by atoms with Crippen LogP contribution in [-0.2, 0) is 4.79 Å². The van der Waals surface area contributed by atoms with E-state index in [1.54, 1.807) is 0 Å². The molecule has 4 atom stereocenters. The number of rotatable bonds is 38. The molecule has 4 unspecified atom stereocenters. The molecule has 0 saturated heterocycles. The minimum atomic E-state index is -1.25. The van der Waals surface area contributed by atoms with Crippen molar-refractivity contribution >= 4 is 5.91 Å². The number of aliphatic hydroxyl groups excluding tert-OH is 4. The molecule has 0 heterocycles. The molecule has 0 saturated carbocycles. The molecule has 0 aliphatic heterocycles. The summed E-state index contributed by atoms with van der Waals surface area (Å²) in [6.45, 7) is 3.99. The van der Waals surface area contributed by atoms with Gasteiger partial charge in [-0.15, -0.1) is 0 Å². The molecule has 1 amide bonds. The lowest BCUT2D eigenvalue weighted by Crippen LogP contribution is -2.53. The van der Waals surface area contributed by atoms with Crippen LogP contribution < -0.4 is 5.32 Å². The Morgan fingerprint density at radius 1 is 0.500 bits per heavy atom. The van der Waals surface area contributed by atoms with E-state index < -0.39 is 36.9 Å². The maximum Gasteiger partial charge on any atom is 0.249 e. The summed E-state index contributed by atoms with van der Waals surface area (Å²) in [4.78, 5) is 12.4. The molecule has 6 heteroatoms. The highest BCUT2D eigenvalue weighted by Crippen LogP contribution is 2.16. The molecule has 0 aromatic heterocycles. The lowest BCUT2D eigenvalue weighted by Gasteiger charge is -2.27. The van der Waals surface area contributed by atoms with Gasteiger partial charge in [-0.3, -0.25) is 4.79 Å². The normalized spacial score (nSPS) is 14.4. The Kier molecular flexibility index (Phi) is 36.6. The van der Waals surface area contributed by atoms with Crippen LogP contribution in [0.2, 0.25) is 0 Å². The highest BCUT2D eigenvalue weighted by molar-refractivity contribution is 5.80. The predicted octanol–water partition coefficient (Wildman–Crippen LogP) is 10.6. The Hall–Kier alpha value is -0.950. The fraction of sp³-hybridized carbons (Fsp3) is 0.929. The van der Waals surface area contributed by atoms with Crippen LogP contribution in [0, 0.1) is 0 Å². The highest BCUT2D eigenvalue weighted by atomic mass is 16.3. The number of amides is 1. The summed E-state index contributed by atoms with van der Waals surface area (Å²) >= 11 is 0. The third-order valence-corrected chi connectivity index (χ3v) is 9.98. The van der Waals surface area contributed by atoms with Crippen molar-refractivity contribution in [1.82, 2.24) is 5.32 Å². The van der Waals surface area contributed by atoms with Gasteiger partial charge in [0.1, 0.15) is 12.2 Å². The van der Waals surface area contributed by atoms with E-state index in [1.165, 1.54) is 154 Å². The lowest BCUT2D eigenvalue weighted by molar-refractivity contribution is -0.132. The number of hydrogen-bond donors (Lipinski definition) is 5. The van der Waals surface area contributed by atoms with E-state index >= 15 is 0 Å². The first-order chi connectivity index (χ1) is 23.5. The quantitative estimate of drug-likeness (QED) is 0.0329. The Balaban J connectivity index is 3.61. The fourth-order valence-corrected chi connectivity index (χ4v) is 6.57. The number of carbonyl (C=O) groups excluding carboxylic acids is 1. The van der Waals surface area contributed by atoms with Gasteiger partial charge in [0.05, 0.1) is 18.8 Å². The molecule has 6 nitrogen and oxygen atoms in total. The van der Waals surface area contributed by atoms with Crippen molar-refractivity contribution < 1.29 is 25.2 Å². The topological polar surface area (TPSA) is 110 Å². The standard InChI is InChI=1S/C42H83NO5/c1-3-5-7-9-11-12-13-14-15-16-17-18-19-20-21-22-23-24-25-26-27-28-30-32-34-36-40(46)42(48)43-38(37-44)41(47)39(45)35-33-31-29-10-8-6-4-2/h20-21,38-41,44-47H,3-19,22-37H2,1-2H3,(H,43,48)/b21-20-. The third kappa shape index (κ3) is 31.1. The van der Waals surface area contributed by atoms with Gasteiger partial charge in [-0.25, -0.2) is 0 Å². The van der Waals surface area contributed by atoms with Crippen molar-refractivity contribution in [1.29, 1.82) is 0 Å². The van der Waals surface area contributed by atoms with Crippen LogP contribution >= 0.6 is 0 Å². The predicted molar refractivity (Wildman–Crippen MR) is 205 cm³/mol. The Bertz CT molecular complexity index is 687. The number of hydrogen-bond acceptors (Lipinski definition) is 5. The van der Waals surface area contributed by atoms with Gasteiger partial charge < -0.3 is 25.7 Å². The fourth-order valence-electron chi connectivity index (χ4n) is 6.57. The summed E-state index contributed by atoms with van der Waals surface area (Å²) < 4.78 is 0. The summed E-state index contributed by atoms with van der Waals surface area (Å²) in [5.41, 5.74) is 0. The van der Waals surface area contributed by atoms with Crippen molar-refractivity contribution in [2.45, 2.75) is 244 Å². The van der Waals surface area contributed by atoms with Crippen LogP contribution in [-0.4, -0.2) is 57.3 Å². The van der Waals surface area contributed by atoms with E-state index in [9.17, 15) is 25.2 Å². The molecule has 0 fully saturated rings. The van der Waals surface area contributed by atoms with Crippen molar-refractivity contribution in [3.05, 3.63) is 12.2 Å². The van der Waals surface area contributed by atoms with Gasteiger partial charge in [0, 0.05) is 0 Å². The first-order valence-electron chi connectivity index (χ1n) is 21.1. The number of carbonyl (C=O) groups is 1. The maximum absolute atomic E-state index is 12.4. The van der Waals surface area contributed by atoms with Crippen LogP contribution in [0.3, 0.4) is 0 Å². The average molecular weight is 682 g/mol. The largest absolute Gasteiger partial charge is 0.394 e. The molecule has 0 rings (SSSR count). The van der Waals surface area contributed by atoms with E-state index in [1.807, 2.05) is 0 Å². The van der Waals surface area contributed by atoms with E-state index in [0.29, 0.717) is 12.8 Å². The van der Waals surface area contributed by atoms with Gasteiger partial charge in [-0.2, -0.15) is 0 Å². The molecule has 0 spiro atoms. The zero-order valence-corrected chi connectivity index (χ0v) is 32.0. The second kappa shape index (κ2) is 37.3. The van der Waals surface area contributed by atoms with E-state index in [2.05, 4.69) is 31.3 Å². The third-order valence-electron chi connectivity index (χ3n) is 9.98. The number of unbranched alkanes of at least 4 members (excludes halogenated alkanes) is 27. The number of allylic oxidation sites excluding steroid dienone is 2. The van der Waals surface area contributed by atoms with E-state index in [-0.39, 0.29) is 0 Å². The Morgan fingerprint density at radius 2 is 0.833 bits per heavy atom. The van der Waals surface area contributed by atoms with Gasteiger partial charge in [0.2, 0.25) is 5.91 Å². The number of aliphatic hydroxyl groups is 4. The molecular weight excluding hydrogens is 598 g/mol. The van der Waals surface area contributed by atoms with Crippen LogP contribution in [0.15, 0.2) is 12.2 Å². The summed E-state index contributed by atoms with van der Waals surface area (Å²) in [7, 11) is 0.